The number of aromatic nitrogens is 5. The largest absolute Gasteiger partial charge is 0.481 e. The number of nitrogens with zero attached hydrogens (tertiary/aromatic N) is 5. The molecule has 0 fully saturated rings. The fourth-order valence-electron chi connectivity index (χ4n) is 1.94. The number of anilines is 1. The number of carbonyl (C=O) groups is 1. The maximum atomic E-state index is 12.5. The molecule has 0 radical (unpaired) electrons. The van der Waals surface area contributed by atoms with Crippen LogP contribution in [0.2, 0.25) is 15.5 Å². The number of urea groups is 1. The van der Waals surface area contributed by atoms with E-state index in [1.54, 1.807) is 4.72 Å². The van der Waals surface area contributed by atoms with E-state index in [1.807, 2.05) is 0 Å². The van der Waals surface area contributed by atoms with Crippen LogP contribution in [0.3, 0.4) is 0 Å². The zero-order valence-corrected chi connectivity index (χ0v) is 16.2. The predicted octanol–water partition coefficient (Wildman–Crippen LogP) is 2.00. The lowest BCUT2D eigenvalue weighted by Gasteiger charge is -2.08. The van der Waals surface area contributed by atoms with Crippen LogP contribution in [0.25, 0.3) is 5.65 Å². The van der Waals surface area contributed by atoms with E-state index in [0.29, 0.717) is 0 Å². The molecule has 15 heteroatoms. The normalized spacial score (nSPS) is 11.4. The van der Waals surface area contributed by atoms with Crippen LogP contribution in [-0.4, -0.2) is 46.1 Å². The van der Waals surface area contributed by atoms with Gasteiger partial charge in [-0.05, 0) is 12.1 Å². The quantitative estimate of drug-likeness (QED) is 0.573. The third-order valence-corrected chi connectivity index (χ3v) is 5.05. The molecule has 0 aliphatic rings. The van der Waals surface area contributed by atoms with Gasteiger partial charge in [-0.25, -0.2) is 19.5 Å². The zero-order chi connectivity index (χ0) is 19.8. The van der Waals surface area contributed by atoms with Gasteiger partial charge in [-0.15, -0.1) is 0 Å². The van der Waals surface area contributed by atoms with Gasteiger partial charge < -0.3 is 4.74 Å². The van der Waals surface area contributed by atoms with Gasteiger partial charge in [0.2, 0.25) is 16.9 Å². The molecule has 0 aliphatic heterocycles. The number of hydrogen-bond donors (Lipinski definition) is 2. The Hall–Kier alpha value is -2.41. The van der Waals surface area contributed by atoms with Crippen LogP contribution in [-0.2, 0) is 10.0 Å². The van der Waals surface area contributed by atoms with Gasteiger partial charge in [-0.3, -0.25) is 5.32 Å². The Balaban J connectivity index is 1.89. The van der Waals surface area contributed by atoms with E-state index >= 15 is 0 Å². The first-order valence-corrected chi connectivity index (χ1v) is 9.44. The van der Waals surface area contributed by atoms with Crippen LogP contribution in [0.1, 0.15) is 0 Å². The van der Waals surface area contributed by atoms with Crippen LogP contribution < -0.4 is 14.8 Å². The third kappa shape index (κ3) is 4.13. The van der Waals surface area contributed by atoms with Gasteiger partial charge in [-0.1, -0.05) is 34.8 Å². The third-order valence-electron chi connectivity index (χ3n) is 2.95. The molecular weight excluding hydrogens is 445 g/mol. The van der Waals surface area contributed by atoms with Crippen molar-refractivity contribution < 1.29 is 17.9 Å². The molecule has 3 rings (SSSR count). The van der Waals surface area contributed by atoms with Crippen molar-refractivity contribution in [2.75, 3.05) is 12.4 Å². The highest BCUT2D eigenvalue weighted by Gasteiger charge is 2.28. The van der Waals surface area contributed by atoms with Crippen molar-refractivity contribution in [1.82, 2.24) is 29.3 Å². The maximum Gasteiger partial charge on any atom is 0.335 e. The second kappa shape index (κ2) is 7.31. The second-order valence-corrected chi connectivity index (χ2v) is 7.48. The fourth-order valence-corrected chi connectivity index (χ4v) is 3.75. The lowest BCUT2D eigenvalue weighted by Crippen LogP contribution is -2.35. The molecule has 0 atom stereocenters. The van der Waals surface area contributed by atoms with Gasteiger partial charge in [0, 0.05) is 6.07 Å². The Labute approximate surface area is 166 Å². The van der Waals surface area contributed by atoms with Crippen LogP contribution in [0, 0.1) is 0 Å². The molecule has 11 nitrogen and oxygen atoms in total. The fraction of sp³-hybridized carbons (Fsp3) is 0.0833. The standard InChI is InChI=1S/C12H8Cl3N7O4S/c1-26-8-4-6(14)16-11(18-8)19-12(23)21-27(24,25)10-9(15)17-7-3-2-5(13)20-22(7)10/h2-4H,1H3,(H2,16,18,19,21,23). The maximum absolute atomic E-state index is 12.5. The molecule has 0 aromatic carbocycles. The van der Waals surface area contributed by atoms with Crippen molar-refractivity contribution in [2.45, 2.75) is 5.03 Å². The minimum absolute atomic E-state index is 0.00288. The van der Waals surface area contributed by atoms with Crippen LogP contribution in [0.4, 0.5) is 10.7 Å². The molecule has 2 amide bonds. The van der Waals surface area contributed by atoms with E-state index < -0.39 is 26.2 Å². The Kier molecular flexibility index (Phi) is 5.24. The van der Waals surface area contributed by atoms with Crippen molar-refractivity contribution in [3.8, 4) is 5.88 Å². The van der Waals surface area contributed by atoms with E-state index in [0.717, 1.165) is 4.52 Å². The van der Waals surface area contributed by atoms with E-state index in [4.69, 9.17) is 39.5 Å². The first kappa shape index (κ1) is 19.4. The van der Waals surface area contributed by atoms with Crippen molar-refractivity contribution >= 4 is 62.5 Å². The minimum atomic E-state index is -4.47. The van der Waals surface area contributed by atoms with Gasteiger partial charge in [0.05, 0.1) is 7.11 Å². The molecule has 27 heavy (non-hydrogen) atoms. The first-order valence-electron chi connectivity index (χ1n) is 6.83. The Bertz CT molecular complexity index is 1150. The smallest absolute Gasteiger partial charge is 0.335 e. The number of sulfonamides is 1. The van der Waals surface area contributed by atoms with Gasteiger partial charge in [0.1, 0.15) is 10.3 Å². The molecule has 2 N–H and O–H groups in total. The average Bonchev–Trinajstić information content (AvgIpc) is 2.89. The molecule has 142 valence electrons. The number of rotatable bonds is 4. The van der Waals surface area contributed by atoms with Gasteiger partial charge >= 0.3 is 6.03 Å². The summed E-state index contributed by atoms with van der Waals surface area (Å²) in [6.07, 6.45) is 0. The van der Waals surface area contributed by atoms with Crippen LogP contribution in [0.5, 0.6) is 5.88 Å². The van der Waals surface area contributed by atoms with Gasteiger partial charge in [0.15, 0.2) is 10.8 Å². The summed E-state index contributed by atoms with van der Waals surface area (Å²) in [5.41, 5.74) is 0.119. The van der Waals surface area contributed by atoms with Crippen molar-refractivity contribution in [2.24, 2.45) is 0 Å². The van der Waals surface area contributed by atoms with Gasteiger partial charge in [0.25, 0.3) is 10.0 Å². The molecule has 0 saturated carbocycles. The number of hydrogen-bond acceptors (Lipinski definition) is 8. The first-order chi connectivity index (χ1) is 12.7. The van der Waals surface area contributed by atoms with E-state index in [-0.39, 0.29) is 27.8 Å². The minimum Gasteiger partial charge on any atom is -0.481 e. The van der Waals surface area contributed by atoms with Crippen LogP contribution in [0.15, 0.2) is 23.2 Å². The van der Waals surface area contributed by atoms with Crippen molar-refractivity contribution in [3.05, 3.63) is 33.7 Å². The predicted molar refractivity (Wildman–Crippen MR) is 95.9 cm³/mol. The number of halogens is 3. The number of imidazole rings is 1. The number of ether oxygens (including phenoxy) is 1. The SMILES string of the molecule is COc1cc(Cl)nc(NC(=O)NS(=O)(=O)c2c(Cl)nc3ccc(Cl)nn23)n1. The molecule has 0 bridgehead atoms. The summed E-state index contributed by atoms with van der Waals surface area (Å²) in [6, 6.07) is 2.94. The van der Waals surface area contributed by atoms with Crippen molar-refractivity contribution in [3.63, 3.8) is 0 Å². The summed E-state index contributed by atoms with van der Waals surface area (Å²) < 4.78 is 32.6. The summed E-state index contributed by atoms with van der Waals surface area (Å²) in [4.78, 5) is 23.4. The van der Waals surface area contributed by atoms with Gasteiger partial charge in [-0.2, -0.15) is 23.0 Å². The molecule has 0 saturated heterocycles. The molecule has 0 spiro atoms. The highest BCUT2D eigenvalue weighted by Crippen LogP contribution is 2.23. The molecular formula is C12H8Cl3N7O4S. The van der Waals surface area contributed by atoms with Crippen LogP contribution >= 0.6 is 34.8 Å². The lowest BCUT2D eigenvalue weighted by molar-refractivity contribution is 0.256. The molecule has 3 aromatic rings. The topological polar surface area (TPSA) is 140 Å². The molecule has 0 aliphatic carbocycles. The Morgan fingerprint density at radius 3 is 2.59 bits per heavy atom. The average molecular weight is 453 g/mol. The summed E-state index contributed by atoms with van der Waals surface area (Å²) in [7, 11) is -3.14. The highest BCUT2D eigenvalue weighted by molar-refractivity contribution is 7.90. The van der Waals surface area contributed by atoms with E-state index in [2.05, 4.69) is 25.4 Å². The number of nitrogens with one attached hydrogen (secondary N) is 2. The highest BCUT2D eigenvalue weighted by atomic mass is 35.5. The summed E-state index contributed by atoms with van der Waals surface area (Å²) in [6.45, 7) is 0. The molecule has 0 unspecified atom stereocenters. The number of methoxy groups -OCH3 is 1. The summed E-state index contributed by atoms with van der Waals surface area (Å²) in [5.74, 6) is -0.214. The second-order valence-electron chi connectivity index (χ2n) is 4.75. The lowest BCUT2D eigenvalue weighted by atomic mass is 10.6. The number of carbonyl (C=O) groups excluding carboxylic acids is 1. The van der Waals surface area contributed by atoms with Crippen molar-refractivity contribution in [1.29, 1.82) is 0 Å². The Morgan fingerprint density at radius 1 is 1.15 bits per heavy atom. The summed E-state index contributed by atoms with van der Waals surface area (Å²) in [5, 5.41) is 4.94. The number of amides is 2. The zero-order valence-electron chi connectivity index (χ0n) is 13.1. The molecule has 3 heterocycles. The number of fused-ring (bicyclic) bond motifs is 1. The monoisotopic (exact) mass is 451 g/mol. The van der Waals surface area contributed by atoms with E-state index in [1.165, 1.54) is 25.3 Å². The summed E-state index contributed by atoms with van der Waals surface area (Å²) >= 11 is 17.4. The Morgan fingerprint density at radius 2 is 1.89 bits per heavy atom. The van der Waals surface area contributed by atoms with E-state index in [9.17, 15) is 13.2 Å². The molecule has 3 aromatic heterocycles.